The molecule has 0 unspecified atom stereocenters. The van der Waals surface area contributed by atoms with E-state index in [2.05, 4.69) is 11.6 Å². The second kappa shape index (κ2) is 7.52. The molecule has 0 N–H and O–H groups in total. The third kappa shape index (κ3) is 5.43. The molecule has 0 aliphatic carbocycles. The van der Waals surface area contributed by atoms with Crippen molar-refractivity contribution in [2.45, 2.75) is 20.8 Å². The van der Waals surface area contributed by atoms with E-state index in [0.29, 0.717) is 5.57 Å². The monoisotopic (exact) mass is 200 g/mol. The van der Waals surface area contributed by atoms with Crippen molar-refractivity contribution >= 4 is 5.71 Å². The van der Waals surface area contributed by atoms with Crippen LogP contribution in [0.3, 0.4) is 0 Å². The maximum absolute atomic E-state index is 8.47. The van der Waals surface area contributed by atoms with Crippen LogP contribution < -0.4 is 0 Å². The highest BCUT2D eigenvalue weighted by atomic mass is 14.7. The minimum absolute atomic E-state index is 0.402. The molecule has 0 fully saturated rings. The summed E-state index contributed by atoms with van der Waals surface area (Å²) in [4.78, 5) is 4.21. The molecule has 2 nitrogen and oxygen atoms in total. The van der Waals surface area contributed by atoms with E-state index in [0.717, 1.165) is 11.3 Å². The topological polar surface area (TPSA) is 36.1 Å². The van der Waals surface area contributed by atoms with Crippen LogP contribution in [0.2, 0.25) is 0 Å². The molecule has 0 atom stereocenters. The number of hydrogen-bond acceptors (Lipinski definition) is 2. The number of allylic oxidation sites excluding steroid dienone is 6. The minimum atomic E-state index is 0.402. The summed E-state index contributed by atoms with van der Waals surface area (Å²) >= 11 is 0. The average Bonchev–Trinajstić information content (AvgIpc) is 2.25. The van der Waals surface area contributed by atoms with E-state index in [9.17, 15) is 0 Å². The molecule has 0 radical (unpaired) electrons. The molecule has 2 heteroatoms. The van der Waals surface area contributed by atoms with Crippen LogP contribution in [-0.2, 0) is 0 Å². The highest BCUT2D eigenvalue weighted by molar-refractivity contribution is 6.00. The molecule has 0 saturated carbocycles. The van der Waals surface area contributed by atoms with E-state index < -0.39 is 0 Å². The Kier molecular flexibility index (Phi) is 6.57. The van der Waals surface area contributed by atoms with Gasteiger partial charge in [-0.3, -0.25) is 4.99 Å². The van der Waals surface area contributed by atoms with Crippen molar-refractivity contribution in [3.8, 4) is 6.07 Å². The molecular weight excluding hydrogens is 184 g/mol. The zero-order valence-corrected chi connectivity index (χ0v) is 9.49. The highest BCUT2D eigenvalue weighted by Crippen LogP contribution is 2.01. The minimum Gasteiger partial charge on any atom is -0.261 e. The Morgan fingerprint density at radius 3 is 2.47 bits per heavy atom. The summed E-state index contributed by atoms with van der Waals surface area (Å²) in [5.41, 5.74) is 2.39. The predicted octanol–water partition coefficient (Wildman–Crippen LogP) is 3.56. The number of nitriles is 1. The van der Waals surface area contributed by atoms with Gasteiger partial charge in [0.05, 0.1) is 6.07 Å². The third-order valence-corrected chi connectivity index (χ3v) is 1.76. The van der Waals surface area contributed by atoms with Gasteiger partial charge in [-0.25, -0.2) is 0 Å². The van der Waals surface area contributed by atoms with Crippen molar-refractivity contribution < 1.29 is 0 Å². The van der Waals surface area contributed by atoms with Gasteiger partial charge in [-0.15, -0.1) is 0 Å². The molecule has 0 bridgehead atoms. The van der Waals surface area contributed by atoms with E-state index in [-0.39, 0.29) is 0 Å². The van der Waals surface area contributed by atoms with E-state index >= 15 is 0 Å². The van der Waals surface area contributed by atoms with Crippen molar-refractivity contribution in [1.29, 1.82) is 5.26 Å². The second-order valence-corrected chi connectivity index (χ2v) is 2.91. The Morgan fingerprint density at radius 1 is 1.33 bits per heavy atom. The van der Waals surface area contributed by atoms with Gasteiger partial charge in [0.1, 0.15) is 0 Å². The van der Waals surface area contributed by atoms with Crippen molar-refractivity contribution in [1.82, 2.24) is 0 Å². The summed E-state index contributed by atoms with van der Waals surface area (Å²) in [6.07, 6.45) is 9.13. The van der Waals surface area contributed by atoms with Crippen LogP contribution in [0, 0.1) is 11.3 Å². The lowest BCUT2D eigenvalue weighted by atomic mass is 10.1. The van der Waals surface area contributed by atoms with Gasteiger partial charge in [0.15, 0.2) is 0 Å². The van der Waals surface area contributed by atoms with Crippen LogP contribution in [0.1, 0.15) is 20.8 Å². The van der Waals surface area contributed by atoms with Crippen LogP contribution >= 0.6 is 0 Å². The number of rotatable bonds is 4. The highest BCUT2D eigenvalue weighted by Gasteiger charge is 1.93. The molecule has 0 aromatic heterocycles. The summed E-state index contributed by atoms with van der Waals surface area (Å²) in [5, 5.41) is 8.47. The summed E-state index contributed by atoms with van der Waals surface area (Å²) in [6.45, 7) is 9.38. The van der Waals surface area contributed by atoms with Crippen LogP contribution in [0.15, 0.2) is 53.2 Å². The second-order valence-electron chi connectivity index (χ2n) is 2.91. The Bertz CT molecular complexity index is 374. The van der Waals surface area contributed by atoms with Crippen molar-refractivity contribution in [2.75, 3.05) is 0 Å². The fourth-order valence-electron chi connectivity index (χ4n) is 0.956. The van der Waals surface area contributed by atoms with Crippen LogP contribution in [0.25, 0.3) is 0 Å². The van der Waals surface area contributed by atoms with E-state index in [1.807, 2.05) is 45.1 Å². The van der Waals surface area contributed by atoms with Gasteiger partial charge >= 0.3 is 0 Å². The maximum atomic E-state index is 8.47. The predicted molar refractivity (Wildman–Crippen MR) is 65.6 cm³/mol. The Labute approximate surface area is 91.6 Å². The lowest BCUT2D eigenvalue weighted by Crippen LogP contribution is -1.92. The average molecular weight is 200 g/mol. The summed E-state index contributed by atoms with van der Waals surface area (Å²) in [5.74, 6) is 0. The molecule has 0 amide bonds. The number of hydrogen-bond donors (Lipinski definition) is 0. The number of aliphatic imine (C=N–C) groups is 1. The molecule has 0 aliphatic rings. The third-order valence-electron chi connectivity index (χ3n) is 1.76. The zero-order valence-electron chi connectivity index (χ0n) is 9.49. The molecule has 0 rings (SSSR count). The van der Waals surface area contributed by atoms with Crippen molar-refractivity contribution in [2.24, 2.45) is 4.99 Å². The molecule has 0 aliphatic heterocycles. The standard InChI is InChI=1S/C13H16N2/c1-5-7-13(6-2)12(4)15-9-8-11(3)10-14/h5-9H,3H2,1-2,4H3/b7-5-,9-8-,13-6?,15-12+. The van der Waals surface area contributed by atoms with Gasteiger partial charge in [0.25, 0.3) is 0 Å². The van der Waals surface area contributed by atoms with E-state index in [1.54, 1.807) is 12.3 Å². The van der Waals surface area contributed by atoms with Gasteiger partial charge in [-0.2, -0.15) is 5.26 Å². The van der Waals surface area contributed by atoms with Crippen molar-refractivity contribution in [3.63, 3.8) is 0 Å². The first-order valence-electron chi connectivity index (χ1n) is 4.75. The molecule has 0 aromatic carbocycles. The summed E-state index contributed by atoms with van der Waals surface area (Å²) in [6, 6.07) is 1.93. The molecule has 15 heavy (non-hydrogen) atoms. The van der Waals surface area contributed by atoms with Gasteiger partial charge in [-0.05, 0) is 32.4 Å². The Balaban J connectivity index is 4.65. The first-order valence-corrected chi connectivity index (χ1v) is 4.75. The molecule has 78 valence electrons. The fourth-order valence-corrected chi connectivity index (χ4v) is 0.956. The molecule has 0 saturated heterocycles. The summed E-state index contributed by atoms with van der Waals surface area (Å²) in [7, 11) is 0. The van der Waals surface area contributed by atoms with Gasteiger partial charge in [0, 0.05) is 17.5 Å². The molecule has 0 heterocycles. The smallest absolute Gasteiger partial charge is 0.0985 e. The molecule has 0 aromatic rings. The first kappa shape index (κ1) is 13.1. The first-order chi connectivity index (χ1) is 7.15. The Hall–Kier alpha value is -1.88. The van der Waals surface area contributed by atoms with Gasteiger partial charge < -0.3 is 0 Å². The zero-order chi connectivity index (χ0) is 11.7. The lowest BCUT2D eigenvalue weighted by molar-refractivity contribution is 1.46. The van der Waals surface area contributed by atoms with Gasteiger partial charge in [-0.1, -0.05) is 24.8 Å². The largest absolute Gasteiger partial charge is 0.261 e. The van der Waals surface area contributed by atoms with E-state index in [4.69, 9.17) is 5.26 Å². The number of nitrogens with zero attached hydrogens (tertiary/aromatic N) is 2. The fraction of sp³-hybridized carbons (Fsp3) is 0.231. The Morgan fingerprint density at radius 2 is 2.00 bits per heavy atom. The van der Waals surface area contributed by atoms with Crippen LogP contribution in [-0.4, -0.2) is 5.71 Å². The SMILES string of the molecule is C=C(C#N)/C=C\N=C(/C)C(=CC)/C=C\C. The quantitative estimate of drug-likeness (QED) is 0.388. The van der Waals surface area contributed by atoms with E-state index in [1.165, 1.54) is 0 Å². The van der Waals surface area contributed by atoms with Crippen LogP contribution in [0.5, 0.6) is 0 Å². The van der Waals surface area contributed by atoms with Crippen molar-refractivity contribution in [3.05, 3.63) is 48.2 Å². The summed E-state index contributed by atoms with van der Waals surface area (Å²) < 4.78 is 0. The van der Waals surface area contributed by atoms with Crippen LogP contribution in [0.4, 0.5) is 0 Å². The molecule has 0 spiro atoms. The maximum Gasteiger partial charge on any atom is 0.0985 e. The normalized spacial score (nSPS) is 13.5. The molecular formula is C13H16N2. The lowest BCUT2D eigenvalue weighted by Gasteiger charge is -1.97. The van der Waals surface area contributed by atoms with Gasteiger partial charge in [0.2, 0.25) is 0 Å².